The first-order valence-corrected chi connectivity index (χ1v) is 16.4. The van der Waals surface area contributed by atoms with Gasteiger partial charge < -0.3 is 4.42 Å². The summed E-state index contributed by atoms with van der Waals surface area (Å²) in [6.45, 7) is 0. The van der Waals surface area contributed by atoms with Crippen molar-refractivity contribution < 1.29 is 4.42 Å². The molecule has 0 unspecified atom stereocenters. The van der Waals surface area contributed by atoms with E-state index in [-0.39, 0.29) is 0 Å². The van der Waals surface area contributed by atoms with E-state index in [4.69, 9.17) is 19.4 Å². The predicted molar refractivity (Wildman–Crippen MR) is 201 cm³/mol. The number of rotatable bonds is 4. The number of hydrogen-bond acceptors (Lipinski definition) is 4. The SMILES string of the molecule is c1ccc(-c2ccc3oc4c5ccccc5c(-c5nc(-c6ccccc6)nc(-c6cc7ccccc7c7ccccc67)n5)cc4c3c2)cc1. The average Bonchev–Trinajstić information content (AvgIpc) is 3.56. The Morgan fingerprint density at radius 2 is 0.878 bits per heavy atom. The molecule has 0 aliphatic rings. The molecule has 0 saturated carbocycles. The Morgan fingerprint density at radius 3 is 1.61 bits per heavy atom. The van der Waals surface area contributed by atoms with Crippen LogP contribution < -0.4 is 0 Å². The fourth-order valence-corrected chi connectivity index (χ4v) is 7.17. The van der Waals surface area contributed by atoms with E-state index in [2.05, 4.69) is 140 Å². The molecule has 2 aromatic heterocycles. The van der Waals surface area contributed by atoms with Crippen molar-refractivity contribution in [2.24, 2.45) is 0 Å². The Bertz CT molecular complexity index is 2880. The number of nitrogens with zero attached hydrogens (tertiary/aromatic N) is 3. The van der Waals surface area contributed by atoms with Gasteiger partial charge in [-0.15, -0.1) is 0 Å². The average molecular weight is 626 g/mol. The molecule has 0 N–H and O–H groups in total. The topological polar surface area (TPSA) is 51.8 Å². The standard InChI is InChI=1S/C45H27N3O/c1-3-13-28(14-4-1)30-23-24-41-37(25-30)38-27-40(35-21-11-12-22-36(35)42(38)49-41)45-47-43(29-15-5-2-6-16-29)46-44(48-45)39-26-31-17-7-8-18-32(31)33-19-9-10-20-34(33)39/h1-27H. The fraction of sp³-hybridized carbons (Fsp3) is 0. The van der Waals surface area contributed by atoms with Gasteiger partial charge in [-0.2, -0.15) is 0 Å². The van der Waals surface area contributed by atoms with E-state index in [0.29, 0.717) is 17.5 Å². The van der Waals surface area contributed by atoms with Crippen molar-refractivity contribution in [3.63, 3.8) is 0 Å². The normalized spacial score (nSPS) is 11.7. The van der Waals surface area contributed by atoms with Gasteiger partial charge in [0.05, 0.1) is 0 Å². The lowest BCUT2D eigenvalue weighted by Gasteiger charge is -2.13. The van der Waals surface area contributed by atoms with E-state index in [9.17, 15) is 0 Å². The van der Waals surface area contributed by atoms with Crippen molar-refractivity contribution in [2.45, 2.75) is 0 Å². The highest BCUT2D eigenvalue weighted by atomic mass is 16.3. The first-order valence-electron chi connectivity index (χ1n) is 16.4. The highest BCUT2D eigenvalue weighted by Gasteiger charge is 2.20. The second kappa shape index (κ2) is 11.0. The van der Waals surface area contributed by atoms with Gasteiger partial charge in [0.25, 0.3) is 0 Å². The van der Waals surface area contributed by atoms with Crippen LogP contribution in [0.2, 0.25) is 0 Å². The first-order chi connectivity index (χ1) is 24.3. The molecule has 0 fully saturated rings. The van der Waals surface area contributed by atoms with Crippen LogP contribution in [0.15, 0.2) is 168 Å². The Hall–Kier alpha value is -6.65. The van der Waals surface area contributed by atoms with Crippen molar-refractivity contribution in [1.29, 1.82) is 0 Å². The number of fused-ring (bicyclic) bond motifs is 8. The quantitative estimate of drug-likeness (QED) is 0.183. The molecule has 8 aromatic carbocycles. The summed E-state index contributed by atoms with van der Waals surface area (Å²) < 4.78 is 6.57. The summed E-state index contributed by atoms with van der Waals surface area (Å²) in [5, 5.41) is 8.76. The maximum Gasteiger partial charge on any atom is 0.164 e. The molecular weight excluding hydrogens is 599 g/mol. The molecule has 0 bridgehead atoms. The van der Waals surface area contributed by atoms with E-state index >= 15 is 0 Å². The molecule has 0 aliphatic carbocycles. The molecule has 0 aliphatic heterocycles. The van der Waals surface area contributed by atoms with Crippen LogP contribution in [0.4, 0.5) is 0 Å². The van der Waals surface area contributed by atoms with Gasteiger partial charge in [-0.3, -0.25) is 0 Å². The van der Waals surface area contributed by atoms with E-state index in [1.807, 2.05) is 24.3 Å². The molecule has 4 nitrogen and oxygen atoms in total. The molecule has 0 radical (unpaired) electrons. The third-order valence-electron chi connectivity index (χ3n) is 9.50. The van der Waals surface area contributed by atoms with Gasteiger partial charge >= 0.3 is 0 Å². The zero-order chi connectivity index (χ0) is 32.3. The molecule has 0 saturated heterocycles. The Balaban J connectivity index is 1.28. The zero-order valence-corrected chi connectivity index (χ0v) is 26.3. The van der Waals surface area contributed by atoms with Crippen molar-refractivity contribution in [3.8, 4) is 45.3 Å². The molecule has 2 heterocycles. The third-order valence-corrected chi connectivity index (χ3v) is 9.50. The van der Waals surface area contributed by atoms with Crippen LogP contribution in [0.5, 0.6) is 0 Å². The molecule has 49 heavy (non-hydrogen) atoms. The van der Waals surface area contributed by atoms with Crippen molar-refractivity contribution in [3.05, 3.63) is 164 Å². The van der Waals surface area contributed by atoms with Gasteiger partial charge in [-0.25, -0.2) is 15.0 Å². The molecule has 228 valence electrons. The number of aromatic nitrogens is 3. The highest BCUT2D eigenvalue weighted by Crippen LogP contribution is 2.41. The van der Waals surface area contributed by atoms with Gasteiger partial charge in [0, 0.05) is 32.8 Å². The number of furan rings is 1. The minimum absolute atomic E-state index is 0.618. The summed E-state index contributed by atoms with van der Waals surface area (Å²) >= 11 is 0. The molecule has 10 aromatic rings. The fourth-order valence-electron chi connectivity index (χ4n) is 7.17. The number of benzene rings is 8. The van der Waals surface area contributed by atoms with Crippen LogP contribution in [-0.4, -0.2) is 15.0 Å². The molecule has 0 spiro atoms. The maximum absolute atomic E-state index is 6.57. The lowest BCUT2D eigenvalue weighted by atomic mass is 9.96. The van der Waals surface area contributed by atoms with Crippen LogP contribution in [0.25, 0.3) is 99.5 Å². The van der Waals surface area contributed by atoms with Crippen molar-refractivity contribution in [1.82, 2.24) is 15.0 Å². The van der Waals surface area contributed by atoms with Gasteiger partial charge in [-0.05, 0) is 62.3 Å². The van der Waals surface area contributed by atoms with Crippen LogP contribution in [-0.2, 0) is 0 Å². The largest absolute Gasteiger partial charge is 0.455 e. The van der Waals surface area contributed by atoms with E-state index in [0.717, 1.165) is 71.3 Å². The molecule has 0 amide bonds. The Kier molecular flexibility index (Phi) is 6.15. The summed E-state index contributed by atoms with van der Waals surface area (Å²) in [5.41, 5.74) is 6.85. The van der Waals surface area contributed by atoms with Gasteiger partial charge in [0.2, 0.25) is 0 Å². The Morgan fingerprint density at radius 1 is 0.327 bits per heavy atom. The monoisotopic (exact) mass is 625 g/mol. The minimum atomic E-state index is 0.618. The van der Waals surface area contributed by atoms with Crippen LogP contribution in [0.3, 0.4) is 0 Å². The van der Waals surface area contributed by atoms with Crippen molar-refractivity contribution >= 4 is 54.3 Å². The summed E-state index contributed by atoms with van der Waals surface area (Å²) in [6, 6.07) is 56.8. The Labute approximate surface area is 282 Å². The lowest BCUT2D eigenvalue weighted by Crippen LogP contribution is -2.01. The molecule has 4 heteroatoms. The van der Waals surface area contributed by atoms with Crippen LogP contribution >= 0.6 is 0 Å². The minimum Gasteiger partial charge on any atom is -0.455 e. The van der Waals surface area contributed by atoms with Crippen molar-refractivity contribution in [2.75, 3.05) is 0 Å². The van der Waals surface area contributed by atoms with E-state index < -0.39 is 0 Å². The predicted octanol–water partition coefficient (Wildman–Crippen LogP) is 11.9. The molecule has 0 atom stereocenters. The summed E-state index contributed by atoms with van der Waals surface area (Å²) in [6.07, 6.45) is 0. The highest BCUT2D eigenvalue weighted by molar-refractivity contribution is 6.19. The second-order valence-electron chi connectivity index (χ2n) is 12.4. The summed E-state index contributed by atoms with van der Waals surface area (Å²) in [4.78, 5) is 15.6. The zero-order valence-electron chi connectivity index (χ0n) is 26.3. The van der Waals surface area contributed by atoms with E-state index in [1.165, 1.54) is 10.8 Å². The van der Waals surface area contributed by atoms with Gasteiger partial charge in [-0.1, -0.05) is 140 Å². The first kappa shape index (κ1) is 27.5. The maximum atomic E-state index is 6.57. The summed E-state index contributed by atoms with van der Waals surface area (Å²) in [5.74, 6) is 1.89. The third kappa shape index (κ3) is 4.49. The smallest absolute Gasteiger partial charge is 0.164 e. The molecular formula is C45H27N3O. The number of hydrogen-bond donors (Lipinski definition) is 0. The van der Waals surface area contributed by atoms with Crippen LogP contribution in [0.1, 0.15) is 0 Å². The van der Waals surface area contributed by atoms with Crippen LogP contribution in [0, 0.1) is 0 Å². The molecule has 10 rings (SSSR count). The van der Waals surface area contributed by atoms with Gasteiger partial charge in [0.15, 0.2) is 17.5 Å². The van der Waals surface area contributed by atoms with Gasteiger partial charge in [0.1, 0.15) is 11.2 Å². The van der Waals surface area contributed by atoms with E-state index in [1.54, 1.807) is 0 Å². The second-order valence-corrected chi connectivity index (χ2v) is 12.4. The summed E-state index contributed by atoms with van der Waals surface area (Å²) in [7, 11) is 0. The lowest BCUT2D eigenvalue weighted by molar-refractivity contribution is 0.673.